The number of fused-ring (bicyclic) bond motifs is 3. The van der Waals surface area contributed by atoms with Crippen molar-refractivity contribution >= 4 is 17.7 Å². The molecule has 1 aromatic heterocycles. The quantitative estimate of drug-likeness (QED) is 0.839. The van der Waals surface area contributed by atoms with Crippen molar-refractivity contribution in [1.82, 2.24) is 5.16 Å². The first-order valence-electron chi connectivity index (χ1n) is 5.12. The highest BCUT2D eigenvalue weighted by atomic mass is 32.2. The Kier molecular flexibility index (Phi) is 2.22. The molecule has 3 rings (SSSR count). The number of aromatic nitrogens is 1. The second kappa shape index (κ2) is 3.63. The number of nitrogens with zero attached hydrogens (tertiary/aromatic N) is 1. The van der Waals surface area contributed by atoms with E-state index < -0.39 is 5.97 Å². The van der Waals surface area contributed by atoms with Gasteiger partial charge in [-0.05, 0) is 19.1 Å². The van der Waals surface area contributed by atoms with Gasteiger partial charge in [0.25, 0.3) is 0 Å². The van der Waals surface area contributed by atoms with E-state index in [1.807, 2.05) is 25.1 Å². The minimum absolute atomic E-state index is 0.0275. The predicted molar refractivity (Wildman–Crippen MR) is 63.2 cm³/mol. The highest BCUT2D eigenvalue weighted by Crippen LogP contribution is 2.43. The molecule has 0 unspecified atom stereocenters. The molecule has 4 nitrogen and oxygen atoms in total. The number of aromatic carboxylic acids is 1. The fourth-order valence-corrected chi connectivity index (χ4v) is 2.96. The summed E-state index contributed by atoms with van der Waals surface area (Å²) in [4.78, 5) is 12.1. The monoisotopic (exact) mass is 247 g/mol. The SMILES string of the molecule is Cc1ccc2c(c1)-c1onc(C(=O)O)c1CS2. The summed E-state index contributed by atoms with van der Waals surface area (Å²) >= 11 is 1.61. The maximum Gasteiger partial charge on any atom is 0.358 e. The van der Waals surface area contributed by atoms with Crippen LogP contribution in [0.4, 0.5) is 0 Å². The molecule has 2 heterocycles. The van der Waals surface area contributed by atoms with Gasteiger partial charge in [-0.25, -0.2) is 4.79 Å². The third kappa shape index (κ3) is 1.54. The first-order chi connectivity index (χ1) is 8.16. The highest BCUT2D eigenvalue weighted by molar-refractivity contribution is 7.98. The molecule has 0 bridgehead atoms. The molecule has 0 atom stereocenters. The second-order valence-electron chi connectivity index (χ2n) is 3.93. The molecule has 0 saturated carbocycles. The number of hydrogen-bond donors (Lipinski definition) is 1. The van der Waals surface area contributed by atoms with Crippen LogP contribution in [-0.2, 0) is 5.75 Å². The molecule has 86 valence electrons. The summed E-state index contributed by atoms with van der Waals surface area (Å²) in [6, 6.07) is 6.06. The van der Waals surface area contributed by atoms with Crippen molar-refractivity contribution in [3.05, 3.63) is 35.0 Å². The van der Waals surface area contributed by atoms with Crippen LogP contribution in [-0.4, -0.2) is 16.2 Å². The first-order valence-corrected chi connectivity index (χ1v) is 6.11. The van der Waals surface area contributed by atoms with Crippen LogP contribution in [0.15, 0.2) is 27.6 Å². The molecular formula is C12H9NO3S. The Morgan fingerprint density at radius 3 is 3.12 bits per heavy atom. The second-order valence-corrected chi connectivity index (χ2v) is 4.95. The zero-order valence-electron chi connectivity index (χ0n) is 9.06. The largest absolute Gasteiger partial charge is 0.476 e. The number of hydrogen-bond acceptors (Lipinski definition) is 4. The summed E-state index contributed by atoms with van der Waals surface area (Å²) in [6.07, 6.45) is 0. The smallest absolute Gasteiger partial charge is 0.358 e. The third-order valence-corrected chi connectivity index (χ3v) is 3.84. The molecule has 1 aliphatic heterocycles. The van der Waals surface area contributed by atoms with Gasteiger partial charge in [0.2, 0.25) is 0 Å². The van der Waals surface area contributed by atoms with Gasteiger partial charge >= 0.3 is 5.97 Å². The lowest BCUT2D eigenvalue weighted by atomic mass is 10.0. The lowest BCUT2D eigenvalue weighted by Gasteiger charge is -2.14. The van der Waals surface area contributed by atoms with E-state index >= 15 is 0 Å². The van der Waals surface area contributed by atoms with Crippen LogP contribution in [0.1, 0.15) is 21.6 Å². The van der Waals surface area contributed by atoms with Crippen LogP contribution >= 0.6 is 11.8 Å². The van der Waals surface area contributed by atoms with E-state index in [1.54, 1.807) is 11.8 Å². The molecule has 0 radical (unpaired) electrons. The number of carbonyl (C=O) groups is 1. The number of carboxylic acid groups (broad SMARTS) is 1. The van der Waals surface area contributed by atoms with Crippen molar-refractivity contribution in [2.75, 3.05) is 0 Å². The third-order valence-electron chi connectivity index (χ3n) is 2.74. The van der Waals surface area contributed by atoms with E-state index in [4.69, 9.17) is 9.63 Å². The Balaban J connectivity index is 2.23. The summed E-state index contributed by atoms with van der Waals surface area (Å²) in [5, 5.41) is 12.6. The van der Waals surface area contributed by atoms with Crippen LogP contribution in [0.25, 0.3) is 11.3 Å². The van der Waals surface area contributed by atoms with E-state index in [0.29, 0.717) is 17.1 Å². The minimum atomic E-state index is -1.04. The standard InChI is InChI=1S/C12H9NO3S/c1-6-2-3-9-7(4-6)11-8(5-17-9)10(12(14)15)13-16-11/h2-4H,5H2,1H3,(H,14,15). The molecule has 1 N–H and O–H groups in total. The van der Waals surface area contributed by atoms with Gasteiger partial charge in [-0.2, -0.15) is 0 Å². The van der Waals surface area contributed by atoms with Gasteiger partial charge in [0.1, 0.15) is 0 Å². The van der Waals surface area contributed by atoms with Gasteiger partial charge in [-0.3, -0.25) is 0 Å². The molecule has 1 aromatic carbocycles. The van der Waals surface area contributed by atoms with Gasteiger partial charge in [0.15, 0.2) is 11.5 Å². The van der Waals surface area contributed by atoms with Crippen molar-refractivity contribution in [1.29, 1.82) is 0 Å². The molecule has 1 aliphatic rings. The van der Waals surface area contributed by atoms with Crippen molar-refractivity contribution < 1.29 is 14.4 Å². The maximum atomic E-state index is 11.0. The van der Waals surface area contributed by atoms with E-state index in [-0.39, 0.29) is 5.69 Å². The van der Waals surface area contributed by atoms with Crippen LogP contribution in [0, 0.1) is 6.92 Å². The summed E-state index contributed by atoms with van der Waals surface area (Å²) in [5.74, 6) is 0.155. The zero-order valence-corrected chi connectivity index (χ0v) is 9.87. The van der Waals surface area contributed by atoms with Crippen LogP contribution < -0.4 is 0 Å². The maximum absolute atomic E-state index is 11.0. The normalized spacial score (nSPS) is 13.0. The first kappa shape index (κ1) is 10.4. The highest BCUT2D eigenvalue weighted by Gasteiger charge is 2.27. The van der Waals surface area contributed by atoms with Gasteiger partial charge in [-0.1, -0.05) is 16.8 Å². The molecule has 2 aromatic rings. The zero-order chi connectivity index (χ0) is 12.0. The van der Waals surface area contributed by atoms with Crippen LogP contribution in [0.5, 0.6) is 0 Å². The summed E-state index contributed by atoms with van der Waals surface area (Å²) < 4.78 is 5.19. The summed E-state index contributed by atoms with van der Waals surface area (Å²) in [5.41, 5.74) is 2.77. The number of benzene rings is 1. The number of carboxylic acids is 1. The lowest BCUT2D eigenvalue weighted by Crippen LogP contribution is -2.03. The van der Waals surface area contributed by atoms with Crippen molar-refractivity contribution in [3.63, 3.8) is 0 Å². The van der Waals surface area contributed by atoms with Crippen molar-refractivity contribution in [3.8, 4) is 11.3 Å². The minimum Gasteiger partial charge on any atom is -0.476 e. The number of thioether (sulfide) groups is 1. The molecular weight excluding hydrogens is 238 g/mol. The average molecular weight is 247 g/mol. The van der Waals surface area contributed by atoms with Gasteiger partial charge in [0, 0.05) is 21.8 Å². The molecule has 17 heavy (non-hydrogen) atoms. The Morgan fingerprint density at radius 1 is 1.53 bits per heavy atom. The van der Waals surface area contributed by atoms with Crippen molar-refractivity contribution in [2.45, 2.75) is 17.6 Å². The molecule has 0 aliphatic carbocycles. The Labute approximate surface area is 102 Å². The predicted octanol–water partition coefficient (Wildman–Crippen LogP) is 2.95. The van der Waals surface area contributed by atoms with E-state index in [9.17, 15) is 4.79 Å². The molecule has 0 spiro atoms. The fourth-order valence-electron chi connectivity index (χ4n) is 1.92. The van der Waals surface area contributed by atoms with Crippen LogP contribution in [0.2, 0.25) is 0 Å². The molecule has 5 heteroatoms. The Hall–Kier alpha value is -1.75. The van der Waals surface area contributed by atoms with Crippen molar-refractivity contribution in [2.24, 2.45) is 0 Å². The number of aryl methyl sites for hydroxylation is 1. The molecule has 0 saturated heterocycles. The van der Waals surface area contributed by atoms with E-state index in [0.717, 1.165) is 16.0 Å². The Bertz CT molecular complexity index is 618. The average Bonchev–Trinajstić information content (AvgIpc) is 2.72. The Morgan fingerprint density at radius 2 is 2.35 bits per heavy atom. The molecule has 0 fully saturated rings. The molecule has 0 amide bonds. The van der Waals surface area contributed by atoms with E-state index in [1.165, 1.54) is 0 Å². The summed E-state index contributed by atoms with van der Waals surface area (Å²) in [6.45, 7) is 1.99. The van der Waals surface area contributed by atoms with Crippen LogP contribution in [0.3, 0.4) is 0 Å². The number of rotatable bonds is 1. The van der Waals surface area contributed by atoms with Gasteiger partial charge < -0.3 is 9.63 Å². The van der Waals surface area contributed by atoms with Gasteiger partial charge in [-0.15, -0.1) is 11.8 Å². The van der Waals surface area contributed by atoms with E-state index in [2.05, 4.69) is 5.16 Å². The van der Waals surface area contributed by atoms with Gasteiger partial charge in [0.05, 0.1) is 0 Å². The fraction of sp³-hybridized carbons (Fsp3) is 0.167. The lowest BCUT2D eigenvalue weighted by molar-refractivity contribution is 0.0685. The summed E-state index contributed by atoms with van der Waals surface area (Å²) in [7, 11) is 0. The topological polar surface area (TPSA) is 63.3 Å².